The highest BCUT2D eigenvalue weighted by molar-refractivity contribution is 5.92. The van der Waals surface area contributed by atoms with E-state index in [1.165, 1.54) is 6.08 Å². The Kier molecular flexibility index (Phi) is 8.23. The van der Waals surface area contributed by atoms with Crippen molar-refractivity contribution in [2.75, 3.05) is 19.7 Å². The Hall–Kier alpha value is -2.54. The number of benzene rings is 1. The van der Waals surface area contributed by atoms with Crippen LogP contribution in [-0.4, -0.2) is 41.9 Å². The molecule has 0 atom stereocenters. The maximum Gasteiger partial charge on any atom is 0.338 e. The Morgan fingerprint density at radius 3 is 2.83 bits per heavy atom. The molecule has 0 heterocycles. The van der Waals surface area contributed by atoms with Gasteiger partial charge in [-0.2, -0.15) is 0 Å². The second kappa shape index (κ2) is 10.2. The number of hydroxylamine groups is 2. The van der Waals surface area contributed by atoms with E-state index < -0.39 is 6.03 Å². The van der Waals surface area contributed by atoms with Gasteiger partial charge in [-0.05, 0) is 18.6 Å². The van der Waals surface area contributed by atoms with Crippen molar-refractivity contribution >= 4 is 18.0 Å². The molecule has 3 amide bonds. The first-order chi connectivity index (χ1) is 11.0. The van der Waals surface area contributed by atoms with Gasteiger partial charge in [0.2, 0.25) is 5.91 Å². The van der Waals surface area contributed by atoms with Gasteiger partial charge in [-0.15, -0.1) is 0 Å². The van der Waals surface area contributed by atoms with E-state index in [1.807, 2.05) is 24.3 Å². The summed E-state index contributed by atoms with van der Waals surface area (Å²) in [6.07, 6.45) is 5.04. The number of urea groups is 1. The molecule has 0 fully saturated rings. The van der Waals surface area contributed by atoms with E-state index >= 15 is 0 Å². The third-order valence-electron chi connectivity index (χ3n) is 2.97. The highest BCUT2D eigenvalue weighted by Crippen LogP contribution is 2.19. The number of hydrogen-bond donors (Lipinski definition) is 3. The predicted octanol–water partition coefficient (Wildman–Crippen LogP) is 1.76. The summed E-state index contributed by atoms with van der Waals surface area (Å²) in [5.74, 6) is 0.381. The average Bonchev–Trinajstić information content (AvgIpc) is 2.54. The molecule has 0 aliphatic carbocycles. The number of primary amides is 1. The fraction of sp³-hybridized carbons (Fsp3) is 0.375. The van der Waals surface area contributed by atoms with E-state index in [-0.39, 0.29) is 19.0 Å². The number of amides is 3. The minimum atomic E-state index is -0.965. The number of carbonyl (C=O) groups is 2. The summed E-state index contributed by atoms with van der Waals surface area (Å²) < 4.78 is 5.67. The van der Waals surface area contributed by atoms with Gasteiger partial charge in [0.05, 0.1) is 13.2 Å². The number of nitrogens with one attached hydrogen (secondary N) is 1. The smallest absolute Gasteiger partial charge is 0.338 e. The summed E-state index contributed by atoms with van der Waals surface area (Å²) >= 11 is 0. The standard InChI is InChI=1S/C16H23N3O4/c1-2-3-12-23-14-7-5-4-6-13(14)8-9-15(20)18-10-11-19(22)16(17)21/h4-9,22H,2-3,10-12H2,1H3,(H2,17,21)(H,18,20). The molecule has 0 aliphatic rings. The molecule has 0 bridgehead atoms. The molecule has 0 spiro atoms. The van der Waals surface area contributed by atoms with Crippen LogP contribution in [0.15, 0.2) is 30.3 Å². The van der Waals surface area contributed by atoms with Gasteiger partial charge in [-0.25, -0.2) is 9.86 Å². The van der Waals surface area contributed by atoms with Crippen LogP contribution in [0.3, 0.4) is 0 Å². The molecule has 7 nitrogen and oxygen atoms in total. The van der Waals surface area contributed by atoms with Gasteiger partial charge in [-0.3, -0.25) is 10.0 Å². The second-order valence-corrected chi connectivity index (χ2v) is 4.83. The molecule has 7 heteroatoms. The molecule has 0 aromatic heterocycles. The predicted molar refractivity (Wildman–Crippen MR) is 87.0 cm³/mol. The lowest BCUT2D eigenvalue weighted by Crippen LogP contribution is -2.38. The SMILES string of the molecule is CCCCOc1ccccc1C=CC(=O)NCCN(O)C(N)=O. The first-order valence-electron chi connectivity index (χ1n) is 7.48. The molecule has 1 aromatic rings. The Morgan fingerprint density at radius 1 is 1.39 bits per heavy atom. The van der Waals surface area contributed by atoms with Crippen molar-refractivity contribution in [3.63, 3.8) is 0 Å². The zero-order valence-electron chi connectivity index (χ0n) is 13.2. The van der Waals surface area contributed by atoms with Gasteiger partial charge in [0.25, 0.3) is 0 Å². The summed E-state index contributed by atoms with van der Waals surface area (Å²) in [5.41, 5.74) is 5.66. The monoisotopic (exact) mass is 321 g/mol. The summed E-state index contributed by atoms with van der Waals surface area (Å²) in [5, 5.41) is 11.9. The van der Waals surface area contributed by atoms with Crippen molar-refractivity contribution in [3.8, 4) is 5.75 Å². The number of carbonyl (C=O) groups excluding carboxylic acids is 2. The zero-order valence-corrected chi connectivity index (χ0v) is 13.2. The molecule has 0 saturated heterocycles. The summed E-state index contributed by atoms with van der Waals surface area (Å²) in [6, 6.07) is 6.48. The molecule has 23 heavy (non-hydrogen) atoms. The minimum Gasteiger partial charge on any atom is -0.493 e. The average molecular weight is 321 g/mol. The molecular formula is C16H23N3O4. The third kappa shape index (κ3) is 7.32. The molecular weight excluding hydrogens is 298 g/mol. The lowest BCUT2D eigenvalue weighted by atomic mass is 10.2. The normalized spacial score (nSPS) is 10.5. The molecule has 0 saturated carbocycles. The minimum absolute atomic E-state index is 0.0777. The molecule has 126 valence electrons. The Balaban J connectivity index is 2.49. The lowest BCUT2D eigenvalue weighted by Gasteiger charge is -2.11. The number of rotatable bonds is 9. The van der Waals surface area contributed by atoms with Crippen LogP contribution in [0.4, 0.5) is 4.79 Å². The summed E-state index contributed by atoms with van der Waals surface area (Å²) in [7, 11) is 0. The molecule has 4 N–H and O–H groups in total. The Morgan fingerprint density at radius 2 is 2.13 bits per heavy atom. The van der Waals surface area contributed by atoms with E-state index in [4.69, 9.17) is 15.7 Å². The first kappa shape index (κ1) is 18.5. The Bertz CT molecular complexity index is 546. The highest BCUT2D eigenvalue weighted by atomic mass is 16.5. The van der Waals surface area contributed by atoms with E-state index in [0.29, 0.717) is 11.7 Å². The number of nitrogens with two attached hydrogens (primary N) is 1. The van der Waals surface area contributed by atoms with Crippen LogP contribution in [0.5, 0.6) is 5.75 Å². The number of unbranched alkanes of at least 4 members (excludes halogenated alkanes) is 1. The van der Waals surface area contributed by atoms with Crippen LogP contribution in [0.2, 0.25) is 0 Å². The van der Waals surface area contributed by atoms with Gasteiger partial charge in [0.15, 0.2) is 0 Å². The second-order valence-electron chi connectivity index (χ2n) is 4.83. The van der Waals surface area contributed by atoms with E-state index in [2.05, 4.69) is 12.2 Å². The van der Waals surface area contributed by atoms with Crippen LogP contribution in [0.25, 0.3) is 6.08 Å². The number of hydrogen-bond acceptors (Lipinski definition) is 4. The number of ether oxygens (including phenoxy) is 1. The van der Waals surface area contributed by atoms with Gasteiger partial charge >= 0.3 is 6.03 Å². The first-order valence-corrected chi connectivity index (χ1v) is 7.48. The van der Waals surface area contributed by atoms with Crippen LogP contribution in [-0.2, 0) is 4.79 Å². The van der Waals surface area contributed by atoms with Crippen molar-refractivity contribution in [1.82, 2.24) is 10.4 Å². The fourth-order valence-electron chi connectivity index (χ4n) is 1.70. The molecule has 0 radical (unpaired) electrons. The van der Waals surface area contributed by atoms with Crippen LogP contribution in [0, 0.1) is 0 Å². The van der Waals surface area contributed by atoms with Gasteiger partial charge in [-0.1, -0.05) is 31.5 Å². The van der Waals surface area contributed by atoms with E-state index in [0.717, 1.165) is 24.2 Å². The van der Waals surface area contributed by atoms with Crippen molar-refractivity contribution in [2.24, 2.45) is 5.73 Å². The van der Waals surface area contributed by atoms with Crippen molar-refractivity contribution in [1.29, 1.82) is 0 Å². The van der Waals surface area contributed by atoms with Crippen LogP contribution >= 0.6 is 0 Å². The maximum atomic E-state index is 11.7. The third-order valence-corrected chi connectivity index (χ3v) is 2.97. The highest BCUT2D eigenvalue weighted by Gasteiger charge is 2.05. The summed E-state index contributed by atoms with van der Waals surface area (Å²) in [4.78, 5) is 22.3. The lowest BCUT2D eigenvalue weighted by molar-refractivity contribution is -0.116. The van der Waals surface area contributed by atoms with Gasteiger partial charge < -0.3 is 15.8 Å². The van der Waals surface area contributed by atoms with E-state index in [9.17, 15) is 9.59 Å². The molecule has 1 rings (SSSR count). The number of nitrogens with zero attached hydrogens (tertiary/aromatic N) is 1. The van der Waals surface area contributed by atoms with Gasteiger partial charge in [0.1, 0.15) is 5.75 Å². The number of para-hydroxylation sites is 1. The van der Waals surface area contributed by atoms with Gasteiger partial charge in [0, 0.05) is 18.2 Å². The largest absolute Gasteiger partial charge is 0.493 e. The fourth-order valence-corrected chi connectivity index (χ4v) is 1.70. The van der Waals surface area contributed by atoms with Crippen molar-refractivity contribution in [3.05, 3.63) is 35.9 Å². The van der Waals surface area contributed by atoms with Crippen LogP contribution in [0.1, 0.15) is 25.3 Å². The summed E-state index contributed by atoms with van der Waals surface area (Å²) in [6.45, 7) is 2.74. The molecule has 0 aliphatic heterocycles. The molecule has 1 aromatic carbocycles. The Labute approximate surface area is 135 Å². The van der Waals surface area contributed by atoms with E-state index in [1.54, 1.807) is 6.08 Å². The quantitative estimate of drug-likeness (QED) is 0.279. The van der Waals surface area contributed by atoms with Crippen molar-refractivity contribution in [2.45, 2.75) is 19.8 Å². The zero-order chi connectivity index (χ0) is 17.1. The van der Waals surface area contributed by atoms with Crippen molar-refractivity contribution < 1.29 is 19.5 Å². The van der Waals surface area contributed by atoms with Crippen LogP contribution < -0.4 is 15.8 Å². The molecule has 0 unspecified atom stereocenters. The maximum absolute atomic E-state index is 11.7. The topological polar surface area (TPSA) is 105 Å².